The van der Waals surface area contributed by atoms with E-state index in [0.29, 0.717) is 0 Å². The molecule has 0 radical (unpaired) electrons. The van der Waals surface area contributed by atoms with E-state index in [-0.39, 0.29) is 0 Å². The predicted molar refractivity (Wildman–Crippen MR) is 232 cm³/mol. The molecule has 0 N–H and O–H groups in total. The van der Waals surface area contributed by atoms with Gasteiger partial charge in [-0.05, 0) is 148 Å². The predicted octanol–water partition coefficient (Wildman–Crippen LogP) is 15.1. The van der Waals surface area contributed by atoms with Gasteiger partial charge in [-0.25, -0.2) is 0 Å². The maximum absolute atomic E-state index is 2.40. The van der Waals surface area contributed by atoms with E-state index in [1.165, 1.54) is 99.1 Å². The summed E-state index contributed by atoms with van der Waals surface area (Å²) in [7, 11) is 0. The van der Waals surface area contributed by atoms with Crippen LogP contribution < -0.4 is 0 Å². The molecule has 0 unspecified atom stereocenters. The highest BCUT2D eigenvalue weighted by atomic mass is 14.2. The van der Waals surface area contributed by atoms with Crippen LogP contribution in [0.1, 0.15) is 0 Å². The number of fused-ring (bicyclic) bond motifs is 3. The molecule has 0 saturated carbocycles. The van der Waals surface area contributed by atoms with Crippen LogP contribution in [0, 0.1) is 0 Å². The van der Waals surface area contributed by atoms with Gasteiger partial charge in [-0.2, -0.15) is 0 Å². The van der Waals surface area contributed by atoms with E-state index in [4.69, 9.17) is 0 Å². The SMILES string of the molecule is c1ccc(-c2cc(-c3cccc(-c4ccc5ccccc5c4)c3)cc3c(-c4ccccc4)cc(-c4cccc(-c5ccc6ccccc6c5)c4)cc23)cc1. The Hall–Kier alpha value is -7.02. The van der Waals surface area contributed by atoms with Gasteiger partial charge in [-0.3, -0.25) is 0 Å². The topological polar surface area (TPSA) is 0 Å². The first-order valence-electron chi connectivity index (χ1n) is 18.7. The molecule has 0 heteroatoms. The molecule has 0 nitrogen and oxygen atoms in total. The van der Waals surface area contributed by atoms with Crippen LogP contribution in [0.2, 0.25) is 0 Å². The van der Waals surface area contributed by atoms with Gasteiger partial charge in [0.25, 0.3) is 0 Å². The monoisotopic (exact) mass is 684 g/mol. The van der Waals surface area contributed by atoms with Crippen molar-refractivity contribution in [2.24, 2.45) is 0 Å². The smallest absolute Gasteiger partial charge is 0.00926 e. The molecule has 252 valence electrons. The molecule has 10 aromatic carbocycles. The second kappa shape index (κ2) is 13.5. The molecule has 0 spiro atoms. The minimum atomic E-state index is 1.20. The second-order valence-corrected chi connectivity index (χ2v) is 14.2. The lowest BCUT2D eigenvalue weighted by molar-refractivity contribution is 1.58. The van der Waals surface area contributed by atoms with Crippen LogP contribution in [0.15, 0.2) is 218 Å². The van der Waals surface area contributed by atoms with E-state index >= 15 is 0 Å². The zero-order chi connectivity index (χ0) is 35.8. The van der Waals surface area contributed by atoms with Gasteiger partial charge in [0.15, 0.2) is 0 Å². The average molecular weight is 685 g/mol. The summed E-state index contributed by atoms with van der Waals surface area (Å²) in [6.07, 6.45) is 0. The Morgan fingerprint density at radius 1 is 0.167 bits per heavy atom. The lowest BCUT2D eigenvalue weighted by Gasteiger charge is -2.18. The largest absolute Gasteiger partial charge is 0.0622 e. The van der Waals surface area contributed by atoms with E-state index in [2.05, 4.69) is 218 Å². The molecule has 0 bridgehead atoms. The number of hydrogen-bond acceptors (Lipinski definition) is 0. The minimum absolute atomic E-state index is 1.20. The van der Waals surface area contributed by atoms with Crippen molar-refractivity contribution in [3.63, 3.8) is 0 Å². The quantitative estimate of drug-likeness (QED) is 0.164. The molecule has 0 aliphatic heterocycles. The summed E-state index contributed by atoms with van der Waals surface area (Å²) in [5.41, 5.74) is 14.5. The first-order chi connectivity index (χ1) is 26.7. The summed E-state index contributed by atoms with van der Waals surface area (Å²) >= 11 is 0. The molecule has 0 aliphatic carbocycles. The van der Waals surface area contributed by atoms with Gasteiger partial charge in [0.2, 0.25) is 0 Å². The van der Waals surface area contributed by atoms with Crippen LogP contribution in [0.5, 0.6) is 0 Å². The zero-order valence-electron chi connectivity index (χ0n) is 29.8. The molecule has 0 heterocycles. The van der Waals surface area contributed by atoms with Gasteiger partial charge in [-0.15, -0.1) is 0 Å². The Morgan fingerprint density at radius 3 is 0.926 bits per heavy atom. The Labute approximate surface area is 316 Å². The first-order valence-corrected chi connectivity index (χ1v) is 18.7. The third kappa shape index (κ3) is 5.94. The third-order valence-corrected chi connectivity index (χ3v) is 10.8. The molecule has 10 aromatic rings. The van der Waals surface area contributed by atoms with Crippen LogP contribution in [0.25, 0.3) is 99.1 Å². The zero-order valence-corrected chi connectivity index (χ0v) is 29.8. The molecule has 0 fully saturated rings. The normalized spacial score (nSPS) is 11.3. The second-order valence-electron chi connectivity index (χ2n) is 14.2. The van der Waals surface area contributed by atoms with Crippen LogP contribution in [0.3, 0.4) is 0 Å². The Kier molecular flexibility index (Phi) is 7.93. The molecule has 0 amide bonds. The Morgan fingerprint density at radius 2 is 0.500 bits per heavy atom. The van der Waals surface area contributed by atoms with Crippen molar-refractivity contribution in [2.45, 2.75) is 0 Å². The average Bonchev–Trinajstić information content (AvgIpc) is 3.26. The van der Waals surface area contributed by atoms with Gasteiger partial charge in [0.05, 0.1) is 0 Å². The fraction of sp³-hybridized carbons (Fsp3) is 0. The summed E-state index contributed by atoms with van der Waals surface area (Å²) < 4.78 is 0. The van der Waals surface area contributed by atoms with Gasteiger partial charge >= 0.3 is 0 Å². The summed E-state index contributed by atoms with van der Waals surface area (Å²) in [4.78, 5) is 0. The Balaban J connectivity index is 1.17. The summed E-state index contributed by atoms with van der Waals surface area (Å²) in [6.45, 7) is 0. The molecular weight excluding hydrogens is 649 g/mol. The fourth-order valence-corrected chi connectivity index (χ4v) is 8.00. The van der Waals surface area contributed by atoms with Crippen molar-refractivity contribution in [3.8, 4) is 66.8 Å². The van der Waals surface area contributed by atoms with E-state index < -0.39 is 0 Å². The molecular formula is C54H36. The number of rotatable bonds is 6. The van der Waals surface area contributed by atoms with Crippen LogP contribution in [-0.4, -0.2) is 0 Å². The molecule has 0 aromatic heterocycles. The van der Waals surface area contributed by atoms with Gasteiger partial charge < -0.3 is 0 Å². The summed E-state index contributed by atoms with van der Waals surface area (Å²) in [6, 6.07) is 80.0. The van der Waals surface area contributed by atoms with Gasteiger partial charge in [0, 0.05) is 0 Å². The lowest BCUT2D eigenvalue weighted by atomic mass is 9.86. The van der Waals surface area contributed by atoms with Crippen molar-refractivity contribution >= 4 is 32.3 Å². The van der Waals surface area contributed by atoms with Crippen LogP contribution >= 0.6 is 0 Å². The van der Waals surface area contributed by atoms with Crippen molar-refractivity contribution in [1.29, 1.82) is 0 Å². The first kappa shape index (κ1) is 31.7. The maximum Gasteiger partial charge on any atom is -0.00926 e. The number of benzene rings is 10. The highest BCUT2D eigenvalue weighted by Gasteiger charge is 2.16. The molecule has 54 heavy (non-hydrogen) atoms. The lowest BCUT2D eigenvalue weighted by Crippen LogP contribution is -1.91. The highest BCUT2D eigenvalue weighted by Crippen LogP contribution is 2.42. The fourth-order valence-electron chi connectivity index (χ4n) is 8.00. The standard InChI is InChI=1S/C54H36/c1-3-15-39(16-4-1)51-33-49(45-23-11-21-43(31-45)47-27-25-37-13-7-9-19-41(37)29-47)36-54-52(40-17-5-2-6-18-40)34-50(35-53(51)54)46-24-12-22-44(32-46)48-28-26-38-14-8-10-20-42(38)30-48/h1-36H. The van der Waals surface area contributed by atoms with Crippen molar-refractivity contribution in [2.75, 3.05) is 0 Å². The van der Waals surface area contributed by atoms with Crippen molar-refractivity contribution in [1.82, 2.24) is 0 Å². The maximum atomic E-state index is 2.40. The summed E-state index contributed by atoms with van der Waals surface area (Å²) in [5, 5.41) is 7.50. The van der Waals surface area contributed by atoms with E-state index in [9.17, 15) is 0 Å². The van der Waals surface area contributed by atoms with Gasteiger partial charge in [-0.1, -0.05) is 170 Å². The molecule has 0 aliphatic rings. The number of hydrogen-bond donors (Lipinski definition) is 0. The minimum Gasteiger partial charge on any atom is -0.0622 e. The van der Waals surface area contributed by atoms with Crippen LogP contribution in [-0.2, 0) is 0 Å². The van der Waals surface area contributed by atoms with Crippen molar-refractivity contribution in [3.05, 3.63) is 218 Å². The Bertz CT molecular complexity index is 2770. The highest BCUT2D eigenvalue weighted by molar-refractivity contribution is 6.09. The molecule has 10 rings (SSSR count). The van der Waals surface area contributed by atoms with E-state index in [1.807, 2.05) is 0 Å². The molecule has 0 atom stereocenters. The van der Waals surface area contributed by atoms with Gasteiger partial charge in [0.1, 0.15) is 0 Å². The van der Waals surface area contributed by atoms with Crippen molar-refractivity contribution < 1.29 is 0 Å². The molecule has 0 saturated heterocycles. The van der Waals surface area contributed by atoms with E-state index in [0.717, 1.165) is 0 Å². The van der Waals surface area contributed by atoms with Crippen LogP contribution in [0.4, 0.5) is 0 Å². The van der Waals surface area contributed by atoms with E-state index in [1.54, 1.807) is 0 Å². The third-order valence-electron chi connectivity index (χ3n) is 10.8. The summed E-state index contributed by atoms with van der Waals surface area (Å²) in [5.74, 6) is 0.